The third-order valence-corrected chi connectivity index (χ3v) is 6.96. The van der Waals surface area contributed by atoms with Gasteiger partial charge in [0.25, 0.3) is 0 Å². The molecule has 0 spiro atoms. The number of carbonyl (C=O) groups is 2. The van der Waals surface area contributed by atoms with Crippen LogP contribution in [0, 0.1) is 13.8 Å². The maximum absolute atomic E-state index is 13.5. The van der Waals surface area contributed by atoms with E-state index < -0.39 is 22.7 Å². The summed E-state index contributed by atoms with van der Waals surface area (Å²) < 4.78 is 13.5. The van der Waals surface area contributed by atoms with Gasteiger partial charge in [-0.05, 0) is 56.3 Å². The lowest BCUT2D eigenvalue weighted by Gasteiger charge is -2.21. The second kappa shape index (κ2) is 10.5. The van der Waals surface area contributed by atoms with Crippen LogP contribution in [0.3, 0.4) is 0 Å². The fraction of sp³-hybridized carbons (Fsp3) is 0.0714. The number of rotatable bonds is 8. The van der Waals surface area contributed by atoms with Crippen LogP contribution < -0.4 is 10.6 Å². The molecule has 0 heterocycles. The van der Waals surface area contributed by atoms with Crippen LogP contribution in [0.4, 0.5) is 22.7 Å². The van der Waals surface area contributed by atoms with Crippen molar-refractivity contribution in [3.63, 3.8) is 0 Å². The Morgan fingerprint density at radius 3 is 1.67 bits per heavy atom. The molecular formula is C28H24N2O5S. The lowest BCUT2D eigenvalue weighted by Crippen LogP contribution is -2.15. The smallest absolute Gasteiger partial charge is 0.339 e. The molecule has 4 rings (SSSR count). The van der Waals surface area contributed by atoms with Crippen molar-refractivity contribution in [3.05, 3.63) is 107 Å². The lowest BCUT2D eigenvalue weighted by molar-refractivity contribution is 0.0679. The van der Waals surface area contributed by atoms with E-state index >= 15 is 0 Å². The molecule has 36 heavy (non-hydrogen) atoms. The third kappa shape index (κ3) is 5.29. The van der Waals surface area contributed by atoms with Crippen LogP contribution in [-0.4, -0.2) is 26.4 Å². The minimum absolute atomic E-state index is 0.00566. The Bertz CT molecular complexity index is 1450. The molecule has 182 valence electrons. The molecule has 0 aliphatic carbocycles. The summed E-state index contributed by atoms with van der Waals surface area (Å²) in [5.74, 6) is -2.63. The van der Waals surface area contributed by atoms with E-state index in [2.05, 4.69) is 10.6 Å². The van der Waals surface area contributed by atoms with Gasteiger partial charge in [-0.1, -0.05) is 53.6 Å². The van der Waals surface area contributed by atoms with Crippen molar-refractivity contribution in [1.82, 2.24) is 0 Å². The van der Waals surface area contributed by atoms with Gasteiger partial charge >= 0.3 is 11.9 Å². The van der Waals surface area contributed by atoms with Crippen molar-refractivity contribution in [3.8, 4) is 0 Å². The second-order valence-electron chi connectivity index (χ2n) is 8.22. The largest absolute Gasteiger partial charge is 0.478 e. The zero-order valence-electron chi connectivity index (χ0n) is 19.6. The summed E-state index contributed by atoms with van der Waals surface area (Å²) in [5.41, 5.74) is 2.70. The molecule has 4 aromatic carbocycles. The Hall–Kier alpha value is -4.43. The van der Waals surface area contributed by atoms with Crippen LogP contribution in [-0.2, 0) is 10.8 Å². The molecule has 0 saturated carbocycles. The highest BCUT2D eigenvalue weighted by molar-refractivity contribution is 7.85. The summed E-state index contributed by atoms with van der Waals surface area (Å²) in [7, 11) is -1.95. The van der Waals surface area contributed by atoms with E-state index in [1.165, 1.54) is 6.07 Å². The van der Waals surface area contributed by atoms with Gasteiger partial charge in [0.15, 0.2) is 0 Å². The van der Waals surface area contributed by atoms with Gasteiger partial charge in [-0.2, -0.15) is 0 Å². The molecule has 1 atom stereocenters. The number of aromatic carboxylic acids is 2. The summed E-state index contributed by atoms with van der Waals surface area (Å²) in [6.45, 7) is 3.84. The summed E-state index contributed by atoms with van der Waals surface area (Å²) in [4.78, 5) is 25.2. The monoisotopic (exact) mass is 500 g/mol. The molecule has 0 radical (unpaired) electrons. The van der Waals surface area contributed by atoms with Crippen LogP contribution in [0.1, 0.15) is 31.8 Å². The van der Waals surface area contributed by atoms with E-state index in [0.717, 1.165) is 11.1 Å². The molecule has 0 amide bonds. The Labute approximate surface area is 210 Å². The minimum atomic E-state index is -1.95. The van der Waals surface area contributed by atoms with Gasteiger partial charge in [-0.3, -0.25) is 0 Å². The SMILES string of the molecule is Cc1ccc(Nc2c(C(=O)O)cc(S(=O)c3ccccc3)c(C(=O)O)c2Nc2ccc(C)cc2)cc1. The van der Waals surface area contributed by atoms with Crippen molar-refractivity contribution in [2.24, 2.45) is 0 Å². The van der Waals surface area contributed by atoms with Crippen molar-refractivity contribution in [1.29, 1.82) is 0 Å². The Kier molecular flexibility index (Phi) is 7.17. The van der Waals surface area contributed by atoms with Gasteiger partial charge in [0, 0.05) is 16.3 Å². The molecule has 0 bridgehead atoms. The Morgan fingerprint density at radius 1 is 0.694 bits per heavy atom. The molecule has 0 aliphatic heterocycles. The highest BCUT2D eigenvalue weighted by atomic mass is 32.2. The standard InChI is InChI=1S/C28H24N2O5S/c1-17-8-12-19(13-9-17)29-25-22(27(31)32)16-23(36(35)21-6-4-3-5-7-21)24(28(33)34)26(25)30-20-14-10-18(2)11-15-20/h3-16,29-30H,1-2H3,(H,31,32)(H,33,34). The molecule has 1 unspecified atom stereocenters. The van der Waals surface area contributed by atoms with Gasteiger partial charge in [0.05, 0.1) is 32.6 Å². The van der Waals surface area contributed by atoms with Crippen LogP contribution in [0.2, 0.25) is 0 Å². The Balaban J connectivity index is 2.00. The van der Waals surface area contributed by atoms with Gasteiger partial charge in [-0.25, -0.2) is 13.8 Å². The third-order valence-electron chi connectivity index (χ3n) is 5.53. The van der Waals surface area contributed by atoms with Gasteiger partial charge in [-0.15, -0.1) is 0 Å². The second-order valence-corrected chi connectivity index (χ2v) is 9.67. The first-order valence-corrected chi connectivity index (χ1v) is 12.2. The summed E-state index contributed by atoms with van der Waals surface area (Å²) >= 11 is 0. The first-order chi connectivity index (χ1) is 17.2. The topological polar surface area (TPSA) is 116 Å². The van der Waals surface area contributed by atoms with E-state index in [1.54, 1.807) is 54.6 Å². The highest BCUT2D eigenvalue weighted by Crippen LogP contribution is 2.40. The van der Waals surface area contributed by atoms with E-state index in [0.29, 0.717) is 16.3 Å². The molecule has 4 aromatic rings. The number of hydrogen-bond donors (Lipinski definition) is 4. The van der Waals surface area contributed by atoms with Crippen LogP contribution in [0.5, 0.6) is 0 Å². The van der Waals surface area contributed by atoms with Crippen molar-refractivity contribution in [2.45, 2.75) is 23.6 Å². The van der Waals surface area contributed by atoms with E-state index in [9.17, 15) is 24.0 Å². The van der Waals surface area contributed by atoms with Crippen LogP contribution >= 0.6 is 0 Å². The fourth-order valence-electron chi connectivity index (χ4n) is 3.67. The number of nitrogens with one attached hydrogen (secondary N) is 2. The lowest BCUT2D eigenvalue weighted by atomic mass is 10.0. The molecule has 4 N–H and O–H groups in total. The highest BCUT2D eigenvalue weighted by Gasteiger charge is 2.29. The average molecular weight is 501 g/mol. The van der Waals surface area contributed by atoms with Gasteiger partial charge in [0.1, 0.15) is 5.56 Å². The Morgan fingerprint density at radius 2 is 1.19 bits per heavy atom. The predicted molar refractivity (Wildman–Crippen MR) is 140 cm³/mol. The molecule has 7 nitrogen and oxygen atoms in total. The van der Waals surface area contributed by atoms with E-state index in [4.69, 9.17) is 0 Å². The first-order valence-electron chi connectivity index (χ1n) is 11.1. The van der Waals surface area contributed by atoms with Gasteiger partial charge in [0.2, 0.25) is 0 Å². The van der Waals surface area contributed by atoms with Crippen molar-refractivity contribution in [2.75, 3.05) is 10.6 Å². The maximum Gasteiger partial charge on any atom is 0.339 e. The molecule has 8 heteroatoms. The fourth-order valence-corrected chi connectivity index (χ4v) is 4.93. The molecular weight excluding hydrogens is 476 g/mol. The molecule has 0 aliphatic rings. The zero-order chi connectivity index (χ0) is 25.8. The number of benzene rings is 4. The van der Waals surface area contributed by atoms with Crippen LogP contribution in [0.25, 0.3) is 0 Å². The average Bonchev–Trinajstić information content (AvgIpc) is 2.87. The number of anilines is 4. The van der Waals surface area contributed by atoms with E-state index in [1.807, 2.05) is 38.1 Å². The van der Waals surface area contributed by atoms with Crippen LogP contribution in [0.15, 0.2) is 94.7 Å². The quantitative estimate of drug-likeness (QED) is 0.223. The summed E-state index contributed by atoms with van der Waals surface area (Å²) in [6, 6.07) is 24.0. The first kappa shape index (κ1) is 24.7. The maximum atomic E-state index is 13.5. The molecule has 0 saturated heterocycles. The van der Waals surface area contributed by atoms with Crippen molar-refractivity contribution < 1.29 is 24.0 Å². The number of carboxylic acids is 2. The van der Waals surface area contributed by atoms with Gasteiger partial charge < -0.3 is 20.8 Å². The number of hydrogen-bond acceptors (Lipinski definition) is 5. The summed E-state index contributed by atoms with van der Waals surface area (Å²) in [6.07, 6.45) is 0. The minimum Gasteiger partial charge on any atom is -0.478 e. The number of carboxylic acid groups (broad SMARTS) is 2. The molecule has 0 fully saturated rings. The summed E-state index contributed by atoms with van der Waals surface area (Å²) in [5, 5.41) is 26.5. The number of aryl methyl sites for hydroxylation is 2. The normalized spacial score (nSPS) is 11.5. The zero-order valence-corrected chi connectivity index (χ0v) is 20.4. The predicted octanol–water partition coefficient (Wildman–Crippen LogP) is 6.35. The van der Waals surface area contributed by atoms with E-state index in [-0.39, 0.29) is 27.4 Å². The van der Waals surface area contributed by atoms with Crippen molar-refractivity contribution >= 4 is 45.5 Å². The molecule has 0 aromatic heterocycles.